The van der Waals surface area contributed by atoms with Gasteiger partial charge in [-0.3, -0.25) is 0 Å². The van der Waals surface area contributed by atoms with Crippen molar-refractivity contribution in [2.24, 2.45) is 0 Å². The zero-order valence-corrected chi connectivity index (χ0v) is 13.0. The first-order valence-corrected chi connectivity index (χ1v) is 7.84. The van der Waals surface area contributed by atoms with E-state index in [-0.39, 0.29) is 0 Å². The summed E-state index contributed by atoms with van der Waals surface area (Å²) in [5.41, 5.74) is 4.77. The van der Waals surface area contributed by atoms with Crippen molar-refractivity contribution in [1.82, 2.24) is 4.98 Å². The van der Waals surface area contributed by atoms with E-state index in [1.54, 1.807) is 0 Å². The molecule has 1 aromatic heterocycles. The Morgan fingerprint density at radius 1 is 1.14 bits per heavy atom. The summed E-state index contributed by atoms with van der Waals surface area (Å²) < 4.78 is 0. The van der Waals surface area contributed by atoms with Gasteiger partial charge in [0.1, 0.15) is 11.1 Å². The molecule has 0 spiro atoms. The molecule has 0 aliphatic carbocycles. The van der Waals surface area contributed by atoms with Crippen molar-refractivity contribution in [3.63, 3.8) is 0 Å². The molecule has 1 heterocycles. The van der Waals surface area contributed by atoms with Crippen molar-refractivity contribution < 1.29 is 0 Å². The van der Waals surface area contributed by atoms with Gasteiger partial charge in [-0.2, -0.15) is 5.26 Å². The molecule has 3 aromatic rings. The molecule has 0 unspecified atom stereocenters. The highest BCUT2D eigenvalue weighted by atomic mass is 32.1. The monoisotopic (exact) mass is 302 g/mol. The number of thiazole rings is 1. The zero-order chi connectivity index (χ0) is 15.4. The third kappa shape index (κ3) is 3.13. The number of hydrogen-bond donors (Lipinski definition) is 0. The predicted octanol–water partition coefficient (Wildman–Crippen LogP) is 5.18. The molecule has 106 valence electrons. The van der Waals surface area contributed by atoms with Gasteiger partial charge >= 0.3 is 0 Å². The minimum atomic E-state index is 0.595. The van der Waals surface area contributed by atoms with Crippen molar-refractivity contribution >= 4 is 23.0 Å². The summed E-state index contributed by atoms with van der Waals surface area (Å²) in [5, 5.41) is 12.2. The minimum Gasteiger partial charge on any atom is -0.235 e. The Morgan fingerprint density at radius 3 is 2.68 bits per heavy atom. The van der Waals surface area contributed by atoms with Crippen molar-refractivity contribution in [2.45, 2.75) is 6.92 Å². The predicted molar refractivity (Wildman–Crippen MR) is 92.2 cm³/mol. The van der Waals surface area contributed by atoms with Crippen LogP contribution in [0.15, 0.2) is 60.0 Å². The average molecular weight is 302 g/mol. The first-order chi connectivity index (χ1) is 10.8. The number of nitrogens with zero attached hydrogens (tertiary/aromatic N) is 2. The van der Waals surface area contributed by atoms with Gasteiger partial charge in [0.05, 0.1) is 11.3 Å². The molecular weight excluding hydrogens is 288 g/mol. The van der Waals surface area contributed by atoms with E-state index < -0.39 is 0 Å². The Morgan fingerprint density at radius 2 is 1.95 bits per heavy atom. The Hall–Kier alpha value is -2.70. The smallest absolute Gasteiger partial charge is 0.134 e. The molecule has 0 aliphatic heterocycles. The lowest BCUT2D eigenvalue weighted by molar-refractivity contribution is 1.37. The number of rotatable bonds is 3. The van der Waals surface area contributed by atoms with Crippen LogP contribution in [0.1, 0.15) is 16.1 Å². The molecule has 0 radical (unpaired) electrons. The molecule has 2 nitrogen and oxygen atoms in total. The van der Waals surface area contributed by atoms with Crippen LogP contribution in [0.25, 0.3) is 22.9 Å². The van der Waals surface area contributed by atoms with Crippen molar-refractivity contribution in [1.29, 1.82) is 5.26 Å². The molecule has 0 N–H and O–H groups in total. The number of nitriles is 1. The van der Waals surface area contributed by atoms with Crippen LogP contribution in [0, 0.1) is 18.3 Å². The highest BCUT2D eigenvalue weighted by Gasteiger charge is 2.08. The van der Waals surface area contributed by atoms with Gasteiger partial charge in [0, 0.05) is 10.9 Å². The van der Waals surface area contributed by atoms with E-state index in [9.17, 15) is 5.26 Å². The molecule has 0 amide bonds. The standard InChI is InChI=1S/C19H14N2S/c1-14-6-5-7-15(10-14)11-17(12-20)19-21-18(13-22-19)16-8-3-2-4-9-16/h2-11,13H,1H3/b17-11+. The van der Waals surface area contributed by atoms with Crippen LogP contribution in [-0.2, 0) is 0 Å². The first kappa shape index (κ1) is 14.2. The van der Waals surface area contributed by atoms with E-state index in [1.807, 2.05) is 66.9 Å². The van der Waals surface area contributed by atoms with Crippen LogP contribution in [-0.4, -0.2) is 4.98 Å². The van der Waals surface area contributed by atoms with Crippen molar-refractivity contribution in [3.05, 3.63) is 76.1 Å². The molecule has 3 rings (SSSR count). The molecule has 0 atom stereocenters. The summed E-state index contributed by atoms with van der Waals surface area (Å²) in [6.45, 7) is 2.04. The summed E-state index contributed by atoms with van der Waals surface area (Å²) in [5.74, 6) is 0. The van der Waals surface area contributed by atoms with Gasteiger partial charge in [0.25, 0.3) is 0 Å². The van der Waals surface area contributed by atoms with Gasteiger partial charge in [-0.15, -0.1) is 11.3 Å². The quantitative estimate of drug-likeness (QED) is 0.625. The maximum atomic E-state index is 9.44. The second kappa shape index (κ2) is 6.38. The van der Waals surface area contributed by atoms with Gasteiger partial charge in [0.15, 0.2) is 0 Å². The largest absolute Gasteiger partial charge is 0.235 e. The summed E-state index contributed by atoms with van der Waals surface area (Å²) in [6, 6.07) is 20.4. The second-order valence-electron chi connectivity index (χ2n) is 4.99. The van der Waals surface area contributed by atoms with E-state index >= 15 is 0 Å². The van der Waals surface area contributed by atoms with Gasteiger partial charge in [-0.05, 0) is 18.6 Å². The average Bonchev–Trinajstić information content (AvgIpc) is 3.03. The van der Waals surface area contributed by atoms with E-state index in [1.165, 1.54) is 16.9 Å². The maximum absolute atomic E-state index is 9.44. The van der Waals surface area contributed by atoms with Crippen molar-refractivity contribution in [2.75, 3.05) is 0 Å². The number of aryl methyl sites for hydroxylation is 1. The molecule has 0 fully saturated rings. The SMILES string of the molecule is Cc1cccc(/C=C(\C#N)c2nc(-c3ccccc3)cs2)c1. The lowest BCUT2D eigenvalue weighted by Gasteiger charge is -1.98. The fourth-order valence-electron chi connectivity index (χ4n) is 2.21. The lowest BCUT2D eigenvalue weighted by atomic mass is 10.1. The number of hydrogen-bond acceptors (Lipinski definition) is 3. The summed E-state index contributed by atoms with van der Waals surface area (Å²) in [7, 11) is 0. The van der Waals surface area contributed by atoms with Crippen LogP contribution >= 0.6 is 11.3 Å². The fraction of sp³-hybridized carbons (Fsp3) is 0.0526. The van der Waals surface area contributed by atoms with Crippen LogP contribution in [0.3, 0.4) is 0 Å². The molecule has 3 heteroatoms. The summed E-state index contributed by atoms with van der Waals surface area (Å²) in [6.07, 6.45) is 1.89. The van der Waals surface area contributed by atoms with Crippen LogP contribution in [0.5, 0.6) is 0 Å². The molecule has 0 saturated heterocycles. The fourth-order valence-corrected chi connectivity index (χ4v) is 3.00. The first-order valence-electron chi connectivity index (χ1n) is 6.96. The Kier molecular flexibility index (Phi) is 4.13. The lowest BCUT2D eigenvalue weighted by Crippen LogP contribution is -1.83. The van der Waals surface area contributed by atoms with Gasteiger partial charge in [-0.1, -0.05) is 60.2 Å². The molecule has 2 aromatic carbocycles. The summed E-state index contributed by atoms with van der Waals surface area (Å²) >= 11 is 1.50. The normalized spacial score (nSPS) is 11.2. The van der Waals surface area contributed by atoms with Crippen molar-refractivity contribution in [3.8, 4) is 17.3 Å². The molecule has 22 heavy (non-hydrogen) atoms. The molecule has 0 aliphatic rings. The number of aromatic nitrogens is 1. The van der Waals surface area contributed by atoms with Crippen LogP contribution < -0.4 is 0 Å². The van der Waals surface area contributed by atoms with E-state index in [0.29, 0.717) is 5.57 Å². The Balaban J connectivity index is 1.96. The highest BCUT2D eigenvalue weighted by molar-refractivity contribution is 7.11. The van der Waals surface area contributed by atoms with Gasteiger partial charge in [-0.25, -0.2) is 4.98 Å². The van der Waals surface area contributed by atoms with E-state index in [2.05, 4.69) is 17.1 Å². The third-order valence-electron chi connectivity index (χ3n) is 3.28. The van der Waals surface area contributed by atoms with E-state index in [0.717, 1.165) is 21.8 Å². The van der Waals surface area contributed by atoms with E-state index in [4.69, 9.17) is 0 Å². The molecule has 0 bridgehead atoms. The number of benzene rings is 2. The summed E-state index contributed by atoms with van der Waals surface area (Å²) in [4.78, 5) is 4.60. The Labute approximate surface area is 134 Å². The second-order valence-corrected chi connectivity index (χ2v) is 5.85. The maximum Gasteiger partial charge on any atom is 0.134 e. The van der Waals surface area contributed by atoms with Crippen LogP contribution in [0.4, 0.5) is 0 Å². The molecule has 0 saturated carbocycles. The van der Waals surface area contributed by atoms with Gasteiger partial charge in [0.2, 0.25) is 0 Å². The topological polar surface area (TPSA) is 36.7 Å². The van der Waals surface area contributed by atoms with Gasteiger partial charge < -0.3 is 0 Å². The van der Waals surface area contributed by atoms with Crippen LogP contribution in [0.2, 0.25) is 0 Å². The minimum absolute atomic E-state index is 0.595. The Bertz CT molecular complexity index is 854. The third-order valence-corrected chi connectivity index (χ3v) is 4.15. The number of allylic oxidation sites excluding steroid dienone is 1. The highest BCUT2D eigenvalue weighted by Crippen LogP contribution is 2.27. The zero-order valence-electron chi connectivity index (χ0n) is 12.2. The molecular formula is C19H14N2S.